The number of hydrogen-bond acceptors (Lipinski definition) is 2. The Morgan fingerprint density at radius 3 is 1.70 bits per heavy atom. The molecule has 4 heteroatoms. The average molecular weight is 433 g/mol. The molecule has 0 saturated carbocycles. The Bertz CT molecular complexity index is 1040. The molecule has 1 heterocycles. The Hall–Kier alpha value is -2.94. The predicted octanol–water partition coefficient (Wildman–Crippen LogP) is 7.42. The summed E-state index contributed by atoms with van der Waals surface area (Å²) in [7, 11) is 0. The molecule has 0 aliphatic rings. The van der Waals surface area contributed by atoms with E-state index in [1.807, 2.05) is 54.6 Å². The normalized spacial score (nSPS) is 9.97. The van der Waals surface area contributed by atoms with Crippen molar-refractivity contribution in [1.29, 1.82) is 0 Å². The first-order valence-corrected chi connectivity index (χ1v) is 10.4. The second kappa shape index (κ2) is 11.3. The number of hydrogen-bond donors (Lipinski definition) is 0. The van der Waals surface area contributed by atoms with Crippen molar-refractivity contribution in [2.45, 2.75) is 13.5 Å². The van der Waals surface area contributed by atoms with Gasteiger partial charge in [0.25, 0.3) is 0 Å². The molecule has 0 amide bonds. The van der Waals surface area contributed by atoms with Crippen molar-refractivity contribution >= 4 is 28.9 Å². The molecule has 0 fully saturated rings. The molecular formula is C26H22Cl2N2. The van der Waals surface area contributed by atoms with E-state index in [0.29, 0.717) is 16.7 Å². The highest BCUT2D eigenvalue weighted by molar-refractivity contribution is 6.41. The quantitative estimate of drug-likeness (QED) is 0.243. The van der Waals surface area contributed by atoms with Crippen LogP contribution in [-0.4, -0.2) is 10.7 Å². The summed E-state index contributed by atoms with van der Waals surface area (Å²) >= 11 is 11.9. The van der Waals surface area contributed by atoms with E-state index in [1.54, 1.807) is 12.3 Å². The van der Waals surface area contributed by atoms with E-state index >= 15 is 0 Å². The molecule has 30 heavy (non-hydrogen) atoms. The summed E-state index contributed by atoms with van der Waals surface area (Å²) in [6.07, 6.45) is 1.70. The summed E-state index contributed by atoms with van der Waals surface area (Å²) in [6, 6.07) is 32.3. The summed E-state index contributed by atoms with van der Waals surface area (Å²) < 4.78 is 0. The zero-order valence-corrected chi connectivity index (χ0v) is 18.2. The van der Waals surface area contributed by atoms with Gasteiger partial charge in [-0.15, -0.1) is 0 Å². The molecule has 0 atom stereocenters. The molecule has 3 aromatic carbocycles. The van der Waals surface area contributed by atoms with Crippen LogP contribution in [-0.2, 0) is 6.54 Å². The lowest BCUT2D eigenvalue weighted by molar-refractivity contribution is 1.05. The first kappa shape index (κ1) is 21.8. The van der Waals surface area contributed by atoms with E-state index in [1.165, 1.54) is 5.56 Å². The molecule has 4 rings (SSSR count). The lowest BCUT2D eigenvalue weighted by Gasteiger charge is -2.08. The first-order chi connectivity index (χ1) is 14.6. The van der Waals surface area contributed by atoms with Gasteiger partial charge in [-0.05, 0) is 18.6 Å². The third-order valence-corrected chi connectivity index (χ3v) is 4.99. The van der Waals surface area contributed by atoms with Crippen molar-refractivity contribution in [3.8, 4) is 0 Å². The standard InChI is InChI=1S/C19H14Cl2N2.C7H8/c20-17-11-14(13-23-19(17)21)12-22-18(15-7-3-1-4-8-15)16-9-5-2-6-10-16;1-7-5-3-2-4-6-7/h1-11,13H,12H2;2-6H,1H3. The Morgan fingerprint density at radius 1 is 0.767 bits per heavy atom. The van der Waals surface area contributed by atoms with E-state index in [0.717, 1.165) is 22.4 Å². The Kier molecular flexibility index (Phi) is 8.20. The summed E-state index contributed by atoms with van der Waals surface area (Å²) in [5.41, 5.74) is 5.34. The van der Waals surface area contributed by atoms with Crippen molar-refractivity contribution in [3.63, 3.8) is 0 Å². The molecule has 150 valence electrons. The number of pyridine rings is 1. The fraction of sp³-hybridized carbons (Fsp3) is 0.0769. The van der Waals surface area contributed by atoms with Crippen molar-refractivity contribution in [3.05, 3.63) is 136 Å². The summed E-state index contributed by atoms with van der Waals surface area (Å²) in [6.45, 7) is 2.57. The highest BCUT2D eigenvalue weighted by Crippen LogP contribution is 2.20. The Balaban J connectivity index is 0.000000310. The van der Waals surface area contributed by atoms with Crippen molar-refractivity contribution in [2.75, 3.05) is 0 Å². The highest BCUT2D eigenvalue weighted by atomic mass is 35.5. The van der Waals surface area contributed by atoms with Crippen LogP contribution in [0.4, 0.5) is 0 Å². The lowest BCUT2D eigenvalue weighted by Crippen LogP contribution is -2.04. The Morgan fingerprint density at radius 2 is 1.27 bits per heavy atom. The number of aromatic nitrogens is 1. The molecule has 0 spiro atoms. The van der Waals surface area contributed by atoms with E-state index in [9.17, 15) is 0 Å². The van der Waals surface area contributed by atoms with Gasteiger partial charge in [-0.1, -0.05) is 120 Å². The van der Waals surface area contributed by atoms with Crippen LogP contribution >= 0.6 is 23.2 Å². The maximum atomic E-state index is 6.02. The second-order valence-electron chi connectivity index (χ2n) is 6.67. The van der Waals surface area contributed by atoms with Crippen molar-refractivity contribution in [2.24, 2.45) is 4.99 Å². The molecule has 0 aliphatic heterocycles. The first-order valence-electron chi connectivity index (χ1n) is 9.60. The third kappa shape index (κ3) is 6.55. The second-order valence-corrected chi connectivity index (χ2v) is 7.43. The fourth-order valence-corrected chi connectivity index (χ4v) is 3.09. The number of aryl methyl sites for hydroxylation is 1. The minimum atomic E-state index is 0.311. The van der Waals surface area contributed by atoms with Gasteiger partial charge in [-0.2, -0.15) is 0 Å². The summed E-state index contributed by atoms with van der Waals surface area (Å²) in [5, 5.41) is 0.756. The average Bonchev–Trinajstić information content (AvgIpc) is 2.79. The SMILES string of the molecule is Cc1ccccc1.Clc1cc(CN=C(c2ccccc2)c2ccccc2)cnc1Cl. The molecule has 0 saturated heterocycles. The van der Waals surface area contributed by atoms with E-state index in [2.05, 4.69) is 48.3 Å². The minimum Gasteiger partial charge on any atom is -0.279 e. The molecule has 0 bridgehead atoms. The maximum Gasteiger partial charge on any atom is 0.147 e. The van der Waals surface area contributed by atoms with Gasteiger partial charge < -0.3 is 0 Å². The molecule has 1 aromatic heterocycles. The number of benzene rings is 3. The van der Waals surface area contributed by atoms with Crippen LogP contribution in [0.3, 0.4) is 0 Å². The van der Waals surface area contributed by atoms with Crippen molar-refractivity contribution < 1.29 is 0 Å². The van der Waals surface area contributed by atoms with Crippen LogP contribution in [0.5, 0.6) is 0 Å². The summed E-state index contributed by atoms with van der Waals surface area (Å²) in [5.74, 6) is 0. The number of halogens is 2. The monoisotopic (exact) mass is 432 g/mol. The molecule has 2 nitrogen and oxygen atoms in total. The fourth-order valence-electron chi connectivity index (χ4n) is 2.79. The van der Waals surface area contributed by atoms with Gasteiger partial charge in [0.15, 0.2) is 0 Å². The van der Waals surface area contributed by atoms with Gasteiger partial charge in [0.1, 0.15) is 5.15 Å². The van der Waals surface area contributed by atoms with Gasteiger partial charge in [-0.3, -0.25) is 4.99 Å². The zero-order chi connectivity index (χ0) is 21.2. The van der Waals surface area contributed by atoms with Crippen LogP contribution in [0.15, 0.2) is 108 Å². The van der Waals surface area contributed by atoms with Gasteiger partial charge in [0.2, 0.25) is 0 Å². The molecule has 0 radical (unpaired) electrons. The van der Waals surface area contributed by atoms with E-state index in [-0.39, 0.29) is 0 Å². The van der Waals surface area contributed by atoms with Crippen LogP contribution in [0.2, 0.25) is 10.2 Å². The zero-order valence-electron chi connectivity index (χ0n) is 16.7. The van der Waals surface area contributed by atoms with E-state index < -0.39 is 0 Å². The molecule has 0 N–H and O–H groups in total. The number of nitrogens with zero attached hydrogens (tertiary/aromatic N) is 2. The molecule has 0 unspecified atom stereocenters. The Labute approximate surface area is 187 Å². The van der Waals surface area contributed by atoms with Crippen LogP contribution < -0.4 is 0 Å². The van der Waals surface area contributed by atoms with Crippen LogP contribution in [0, 0.1) is 6.92 Å². The topological polar surface area (TPSA) is 25.2 Å². The highest BCUT2D eigenvalue weighted by Gasteiger charge is 2.07. The third-order valence-electron chi connectivity index (χ3n) is 4.31. The largest absolute Gasteiger partial charge is 0.279 e. The van der Waals surface area contributed by atoms with Gasteiger partial charge in [0, 0.05) is 17.3 Å². The van der Waals surface area contributed by atoms with Crippen LogP contribution in [0.25, 0.3) is 0 Å². The van der Waals surface area contributed by atoms with Crippen molar-refractivity contribution in [1.82, 2.24) is 4.98 Å². The smallest absolute Gasteiger partial charge is 0.147 e. The van der Waals surface area contributed by atoms with Gasteiger partial charge >= 0.3 is 0 Å². The maximum absolute atomic E-state index is 6.02. The van der Waals surface area contributed by atoms with Gasteiger partial charge in [0.05, 0.1) is 17.3 Å². The minimum absolute atomic E-state index is 0.311. The predicted molar refractivity (Wildman–Crippen MR) is 128 cm³/mol. The molecule has 4 aromatic rings. The molecular weight excluding hydrogens is 411 g/mol. The molecule has 0 aliphatic carbocycles. The number of aliphatic imine (C=N–C) groups is 1. The lowest BCUT2D eigenvalue weighted by atomic mass is 10.0. The van der Waals surface area contributed by atoms with Crippen LogP contribution in [0.1, 0.15) is 22.3 Å². The summed E-state index contributed by atoms with van der Waals surface area (Å²) in [4.78, 5) is 8.85. The van der Waals surface area contributed by atoms with E-state index in [4.69, 9.17) is 28.2 Å². The number of rotatable bonds is 4. The van der Waals surface area contributed by atoms with Gasteiger partial charge in [-0.25, -0.2) is 4.98 Å².